The summed E-state index contributed by atoms with van der Waals surface area (Å²) in [5, 5.41) is 6.21. The molecule has 2 N–H and O–H groups in total. The molecule has 0 aromatic heterocycles. The van der Waals surface area contributed by atoms with Crippen LogP contribution in [-0.2, 0) is 9.84 Å². The predicted molar refractivity (Wildman–Crippen MR) is 89.5 cm³/mol. The van der Waals surface area contributed by atoms with Gasteiger partial charge in [0.15, 0.2) is 5.96 Å². The number of sulfone groups is 1. The maximum atomic E-state index is 11.1. The monoisotopic (exact) mass is 317 g/mol. The summed E-state index contributed by atoms with van der Waals surface area (Å²) in [6.07, 6.45) is 10.6. The lowest BCUT2D eigenvalue weighted by atomic mass is 10.0. The van der Waals surface area contributed by atoms with Crippen LogP contribution < -0.4 is 10.6 Å². The van der Waals surface area contributed by atoms with Gasteiger partial charge >= 0.3 is 0 Å². The third kappa shape index (κ3) is 9.72. The molecule has 0 radical (unpaired) electrons. The van der Waals surface area contributed by atoms with Crippen LogP contribution in [0.4, 0.5) is 0 Å². The van der Waals surface area contributed by atoms with E-state index in [0.29, 0.717) is 6.54 Å². The second-order valence-electron chi connectivity index (χ2n) is 5.96. The fourth-order valence-electron chi connectivity index (χ4n) is 2.73. The van der Waals surface area contributed by atoms with Gasteiger partial charge in [0.2, 0.25) is 0 Å². The SMILES string of the molecule is CCNC(=NCCCCC1CCCC1)NCCS(C)(=O)=O. The van der Waals surface area contributed by atoms with Gasteiger partial charge in [-0.3, -0.25) is 4.99 Å². The zero-order valence-corrected chi connectivity index (χ0v) is 14.3. The number of nitrogens with one attached hydrogen (secondary N) is 2. The summed E-state index contributed by atoms with van der Waals surface area (Å²) in [7, 11) is -2.92. The summed E-state index contributed by atoms with van der Waals surface area (Å²) in [6.45, 7) is 4.01. The van der Waals surface area contributed by atoms with E-state index in [1.807, 2.05) is 6.92 Å². The molecule has 0 amide bonds. The van der Waals surface area contributed by atoms with E-state index in [4.69, 9.17) is 0 Å². The van der Waals surface area contributed by atoms with E-state index in [1.54, 1.807) is 0 Å². The minimum Gasteiger partial charge on any atom is -0.357 e. The molecule has 1 fully saturated rings. The van der Waals surface area contributed by atoms with Crippen molar-refractivity contribution in [2.24, 2.45) is 10.9 Å². The van der Waals surface area contributed by atoms with Crippen molar-refractivity contribution in [3.05, 3.63) is 0 Å². The van der Waals surface area contributed by atoms with E-state index < -0.39 is 9.84 Å². The molecule has 0 aliphatic heterocycles. The van der Waals surface area contributed by atoms with Gasteiger partial charge in [-0.25, -0.2) is 8.42 Å². The predicted octanol–water partition coefficient (Wildman–Crippen LogP) is 1.95. The molecular formula is C15H31N3O2S. The highest BCUT2D eigenvalue weighted by Crippen LogP contribution is 2.28. The molecule has 1 aliphatic carbocycles. The number of nitrogens with zero attached hydrogens (tertiary/aromatic N) is 1. The average Bonchev–Trinajstić information content (AvgIpc) is 2.90. The molecule has 0 bridgehead atoms. The molecule has 1 rings (SSSR count). The molecule has 0 atom stereocenters. The Kier molecular flexibility index (Phi) is 8.73. The van der Waals surface area contributed by atoms with Crippen molar-refractivity contribution in [3.8, 4) is 0 Å². The fourth-order valence-corrected chi connectivity index (χ4v) is 3.20. The average molecular weight is 317 g/mol. The largest absolute Gasteiger partial charge is 0.357 e. The summed E-state index contributed by atoms with van der Waals surface area (Å²) in [5.74, 6) is 1.82. The molecule has 1 aliphatic rings. The molecule has 0 saturated heterocycles. The van der Waals surface area contributed by atoms with Crippen molar-refractivity contribution in [2.45, 2.75) is 51.9 Å². The van der Waals surface area contributed by atoms with E-state index in [2.05, 4.69) is 15.6 Å². The van der Waals surface area contributed by atoms with Crippen molar-refractivity contribution < 1.29 is 8.42 Å². The molecular weight excluding hydrogens is 286 g/mol. The second-order valence-corrected chi connectivity index (χ2v) is 8.22. The third-order valence-electron chi connectivity index (χ3n) is 3.87. The van der Waals surface area contributed by atoms with E-state index in [0.717, 1.165) is 31.4 Å². The van der Waals surface area contributed by atoms with Gasteiger partial charge in [0.1, 0.15) is 9.84 Å². The van der Waals surface area contributed by atoms with Gasteiger partial charge in [-0.05, 0) is 19.3 Å². The van der Waals surface area contributed by atoms with Crippen molar-refractivity contribution in [3.63, 3.8) is 0 Å². The molecule has 0 unspecified atom stereocenters. The van der Waals surface area contributed by atoms with Crippen LogP contribution in [0.1, 0.15) is 51.9 Å². The van der Waals surface area contributed by atoms with Crippen LogP contribution in [-0.4, -0.2) is 46.0 Å². The lowest BCUT2D eigenvalue weighted by Gasteiger charge is -2.11. The molecule has 0 aromatic rings. The molecule has 124 valence electrons. The molecule has 21 heavy (non-hydrogen) atoms. The maximum Gasteiger partial charge on any atom is 0.191 e. The molecule has 6 heteroatoms. The van der Waals surface area contributed by atoms with Gasteiger partial charge in [-0.2, -0.15) is 0 Å². The van der Waals surface area contributed by atoms with Crippen molar-refractivity contribution in [2.75, 3.05) is 31.6 Å². The highest BCUT2D eigenvalue weighted by molar-refractivity contribution is 7.90. The number of aliphatic imine (C=N–C) groups is 1. The van der Waals surface area contributed by atoms with Crippen molar-refractivity contribution in [1.29, 1.82) is 0 Å². The van der Waals surface area contributed by atoms with Crippen molar-refractivity contribution >= 4 is 15.8 Å². The number of rotatable bonds is 9. The normalized spacial score (nSPS) is 17.1. The van der Waals surface area contributed by atoms with Crippen molar-refractivity contribution in [1.82, 2.24) is 10.6 Å². The Bertz CT molecular complexity index is 401. The Hall–Kier alpha value is -0.780. The summed E-state index contributed by atoms with van der Waals surface area (Å²) in [5.41, 5.74) is 0. The first-order chi connectivity index (χ1) is 10.0. The Morgan fingerprint density at radius 3 is 2.52 bits per heavy atom. The van der Waals surface area contributed by atoms with Gasteiger partial charge in [0.05, 0.1) is 5.75 Å². The Labute approximate surface area is 129 Å². The quantitative estimate of drug-likeness (QED) is 0.387. The standard InChI is InChI=1S/C15H31N3O2S/c1-3-16-15(18-12-13-21(2,19)20)17-11-7-6-10-14-8-4-5-9-14/h14H,3-13H2,1-2H3,(H2,16,17,18). The zero-order valence-electron chi connectivity index (χ0n) is 13.5. The Balaban J connectivity index is 2.17. The lowest BCUT2D eigenvalue weighted by Crippen LogP contribution is -2.39. The summed E-state index contributed by atoms with van der Waals surface area (Å²) < 4.78 is 22.2. The number of unbranched alkanes of at least 4 members (excludes halogenated alkanes) is 1. The van der Waals surface area contributed by atoms with Crippen LogP contribution in [0.2, 0.25) is 0 Å². The first-order valence-electron chi connectivity index (χ1n) is 8.21. The van der Waals surface area contributed by atoms with Crippen LogP contribution in [0.15, 0.2) is 4.99 Å². The topological polar surface area (TPSA) is 70.6 Å². The van der Waals surface area contributed by atoms with Crippen LogP contribution in [0, 0.1) is 5.92 Å². The molecule has 5 nitrogen and oxygen atoms in total. The third-order valence-corrected chi connectivity index (χ3v) is 4.82. The van der Waals surface area contributed by atoms with E-state index in [1.165, 1.54) is 44.8 Å². The number of guanidine groups is 1. The van der Waals surface area contributed by atoms with Gasteiger partial charge in [0, 0.05) is 25.9 Å². The number of hydrogen-bond acceptors (Lipinski definition) is 3. The molecule has 0 aromatic carbocycles. The maximum absolute atomic E-state index is 11.1. The summed E-state index contributed by atoms with van der Waals surface area (Å²) >= 11 is 0. The van der Waals surface area contributed by atoms with Gasteiger partial charge in [-0.15, -0.1) is 0 Å². The van der Waals surface area contributed by atoms with Crippen LogP contribution >= 0.6 is 0 Å². The highest BCUT2D eigenvalue weighted by atomic mass is 32.2. The highest BCUT2D eigenvalue weighted by Gasteiger charge is 2.13. The van der Waals surface area contributed by atoms with E-state index in [-0.39, 0.29) is 5.75 Å². The van der Waals surface area contributed by atoms with Gasteiger partial charge < -0.3 is 10.6 Å². The summed E-state index contributed by atoms with van der Waals surface area (Å²) in [6, 6.07) is 0. The minimum atomic E-state index is -2.92. The first kappa shape index (κ1) is 18.3. The van der Waals surface area contributed by atoms with Crippen LogP contribution in [0.25, 0.3) is 0 Å². The van der Waals surface area contributed by atoms with Crippen LogP contribution in [0.5, 0.6) is 0 Å². The Morgan fingerprint density at radius 1 is 1.19 bits per heavy atom. The molecule has 0 spiro atoms. The minimum absolute atomic E-state index is 0.138. The lowest BCUT2D eigenvalue weighted by molar-refractivity contribution is 0.475. The van der Waals surface area contributed by atoms with E-state index in [9.17, 15) is 8.42 Å². The van der Waals surface area contributed by atoms with Crippen LogP contribution in [0.3, 0.4) is 0 Å². The molecule has 1 saturated carbocycles. The second kappa shape index (κ2) is 10.0. The van der Waals surface area contributed by atoms with Gasteiger partial charge in [-0.1, -0.05) is 38.5 Å². The first-order valence-corrected chi connectivity index (χ1v) is 10.3. The van der Waals surface area contributed by atoms with Gasteiger partial charge in [0.25, 0.3) is 0 Å². The Morgan fingerprint density at radius 2 is 1.90 bits per heavy atom. The fraction of sp³-hybridized carbons (Fsp3) is 0.933. The van der Waals surface area contributed by atoms with E-state index >= 15 is 0 Å². The number of hydrogen-bond donors (Lipinski definition) is 2. The smallest absolute Gasteiger partial charge is 0.191 e. The summed E-state index contributed by atoms with van der Waals surface area (Å²) in [4.78, 5) is 4.50. The zero-order chi connectivity index (χ0) is 15.6. The molecule has 0 heterocycles.